The Morgan fingerprint density at radius 1 is 1.11 bits per heavy atom. The van der Waals surface area contributed by atoms with Crippen LogP contribution in [0.2, 0.25) is 0 Å². The van der Waals surface area contributed by atoms with Gasteiger partial charge in [0.1, 0.15) is 17.3 Å². The third-order valence-corrected chi connectivity index (χ3v) is 6.67. The fraction of sp³-hybridized carbons (Fsp3) is 0.355. The Hall–Kier alpha value is -3.21. The number of nitrogens with zero attached hydrogens (tertiary/aromatic N) is 2. The van der Waals surface area contributed by atoms with E-state index in [1.165, 1.54) is 13.8 Å². The predicted octanol–water partition coefficient (Wildman–Crippen LogP) is 8.08. The lowest BCUT2D eigenvalue weighted by Gasteiger charge is -2.55. The van der Waals surface area contributed by atoms with E-state index in [9.17, 15) is 4.39 Å². The molecule has 0 saturated heterocycles. The number of allylic oxidation sites excluding steroid dienone is 3. The van der Waals surface area contributed by atoms with Crippen LogP contribution in [0.4, 0.5) is 18.9 Å². The van der Waals surface area contributed by atoms with Crippen LogP contribution in [0.5, 0.6) is 0 Å². The number of hydrogen-bond donors (Lipinski definition) is 0. The van der Waals surface area contributed by atoms with E-state index in [1.54, 1.807) is 24.0 Å². The SMILES string of the molecule is C=C/C=C(\C=C/C)CN1C(=C)N(CC(C)(C)F)C(CCF)(c2ccc(C)cc2)c2c1ccc(C)c2F. The summed E-state index contributed by atoms with van der Waals surface area (Å²) < 4.78 is 46.1. The molecule has 0 fully saturated rings. The molecule has 1 unspecified atom stereocenters. The first-order valence-corrected chi connectivity index (χ1v) is 12.3. The Bertz CT molecular complexity index is 1170. The second-order valence-corrected chi connectivity index (χ2v) is 10.0. The number of halogens is 3. The molecule has 2 aromatic carbocycles. The van der Waals surface area contributed by atoms with Crippen LogP contribution in [0.1, 0.15) is 49.4 Å². The van der Waals surface area contributed by atoms with Gasteiger partial charge in [-0.15, -0.1) is 0 Å². The maximum Gasteiger partial charge on any atom is 0.134 e. The second-order valence-electron chi connectivity index (χ2n) is 10.0. The van der Waals surface area contributed by atoms with Gasteiger partial charge in [-0.05, 0) is 57.4 Å². The quantitative estimate of drug-likeness (QED) is 0.325. The van der Waals surface area contributed by atoms with Crippen molar-refractivity contribution < 1.29 is 13.2 Å². The van der Waals surface area contributed by atoms with Gasteiger partial charge >= 0.3 is 0 Å². The molecule has 0 N–H and O–H groups in total. The molecule has 1 aliphatic heterocycles. The summed E-state index contributed by atoms with van der Waals surface area (Å²) in [5.74, 6) is 0.0749. The molecule has 1 aliphatic rings. The molecule has 0 aromatic heterocycles. The standard InChI is InChI=1S/C31H37F3N2/c1-8-10-25(11-9-2)20-35-24(5)36(21-30(6,7)34)31(18-19-32,26-15-12-22(3)13-16-26)28-27(35)17-14-23(4)29(28)33/h8-17H,1,5,18-21H2,2-4,6-7H3/b11-9-,25-10+. The van der Waals surface area contributed by atoms with Crippen molar-refractivity contribution in [3.05, 3.63) is 113 Å². The monoisotopic (exact) mass is 494 g/mol. The van der Waals surface area contributed by atoms with Crippen LogP contribution in [-0.2, 0) is 5.54 Å². The lowest BCUT2D eigenvalue weighted by molar-refractivity contribution is 0.0628. The van der Waals surface area contributed by atoms with E-state index >= 15 is 8.78 Å². The maximum atomic E-state index is 16.3. The van der Waals surface area contributed by atoms with Crippen molar-refractivity contribution in [1.82, 2.24) is 4.90 Å². The predicted molar refractivity (Wildman–Crippen MR) is 145 cm³/mol. The number of benzene rings is 2. The lowest BCUT2D eigenvalue weighted by Crippen LogP contribution is -2.58. The van der Waals surface area contributed by atoms with Gasteiger partial charge in [0.15, 0.2) is 0 Å². The first-order chi connectivity index (χ1) is 17.0. The molecular formula is C31H37F3N2. The van der Waals surface area contributed by atoms with Gasteiger partial charge in [-0.25, -0.2) is 8.78 Å². The summed E-state index contributed by atoms with van der Waals surface area (Å²) in [6, 6.07) is 11.2. The van der Waals surface area contributed by atoms with Crippen molar-refractivity contribution in [1.29, 1.82) is 0 Å². The zero-order valence-electron chi connectivity index (χ0n) is 22.0. The van der Waals surface area contributed by atoms with Gasteiger partial charge in [0, 0.05) is 18.5 Å². The molecule has 5 heteroatoms. The van der Waals surface area contributed by atoms with E-state index in [0.29, 0.717) is 34.7 Å². The van der Waals surface area contributed by atoms with Crippen LogP contribution in [0.25, 0.3) is 0 Å². The van der Waals surface area contributed by atoms with Gasteiger partial charge in [-0.1, -0.05) is 73.4 Å². The number of aryl methyl sites for hydroxylation is 2. The Labute approximate surface area is 214 Å². The highest BCUT2D eigenvalue weighted by Crippen LogP contribution is 2.52. The smallest absolute Gasteiger partial charge is 0.134 e. The second kappa shape index (κ2) is 10.8. The largest absolute Gasteiger partial charge is 0.341 e. The highest BCUT2D eigenvalue weighted by molar-refractivity contribution is 5.68. The fourth-order valence-electron chi connectivity index (χ4n) is 5.09. The molecule has 2 aromatic rings. The molecule has 3 rings (SSSR count). The lowest BCUT2D eigenvalue weighted by atomic mass is 9.74. The Balaban J connectivity index is 2.42. The summed E-state index contributed by atoms with van der Waals surface area (Å²) >= 11 is 0. The molecule has 192 valence electrons. The number of anilines is 1. The van der Waals surface area contributed by atoms with E-state index in [2.05, 4.69) is 13.2 Å². The molecule has 0 bridgehead atoms. The van der Waals surface area contributed by atoms with Gasteiger partial charge in [0.2, 0.25) is 0 Å². The van der Waals surface area contributed by atoms with Crippen LogP contribution in [-0.4, -0.2) is 30.3 Å². The molecule has 1 atom stereocenters. The molecule has 2 nitrogen and oxygen atoms in total. The first kappa shape index (κ1) is 27.4. The van der Waals surface area contributed by atoms with Crippen molar-refractivity contribution in [2.24, 2.45) is 0 Å². The Morgan fingerprint density at radius 2 is 1.78 bits per heavy atom. The van der Waals surface area contributed by atoms with Crippen molar-refractivity contribution in [2.75, 3.05) is 24.7 Å². The summed E-state index contributed by atoms with van der Waals surface area (Å²) in [7, 11) is 0. The zero-order chi connectivity index (χ0) is 26.7. The molecule has 1 heterocycles. The fourth-order valence-corrected chi connectivity index (χ4v) is 5.09. The Kier molecular flexibility index (Phi) is 8.22. The average molecular weight is 495 g/mol. The minimum atomic E-state index is -1.65. The van der Waals surface area contributed by atoms with Gasteiger partial charge in [0.05, 0.1) is 24.4 Å². The molecule has 0 aliphatic carbocycles. The summed E-state index contributed by atoms with van der Waals surface area (Å²) in [5.41, 5.74) is 1.13. The van der Waals surface area contributed by atoms with Crippen molar-refractivity contribution in [3.63, 3.8) is 0 Å². The maximum absolute atomic E-state index is 16.3. The Morgan fingerprint density at radius 3 is 2.33 bits per heavy atom. The number of fused-ring (bicyclic) bond motifs is 1. The van der Waals surface area contributed by atoms with E-state index < -0.39 is 23.7 Å². The molecule has 0 spiro atoms. The van der Waals surface area contributed by atoms with Crippen molar-refractivity contribution in [2.45, 2.75) is 52.2 Å². The molecule has 0 amide bonds. The van der Waals surface area contributed by atoms with E-state index in [0.717, 1.165) is 11.1 Å². The summed E-state index contributed by atoms with van der Waals surface area (Å²) in [5, 5.41) is 0. The normalized spacial score (nSPS) is 18.7. The molecule has 0 saturated carbocycles. The third kappa shape index (κ3) is 5.16. The third-order valence-electron chi connectivity index (χ3n) is 6.67. The minimum absolute atomic E-state index is 0.0450. The first-order valence-electron chi connectivity index (χ1n) is 12.3. The average Bonchev–Trinajstić information content (AvgIpc) is 2.81. The van der Waals surface area contributed by atoms with E-state index in [4.69, 9.17) is 0 Å². The van der Waals surface area contributed by atoms with Crippen molar-refractivity contribution >= 4 is 5.69 Å². The summed E-state index contributed by atoms with van der Waals surface area (Å²) in [4.78, 5) is 3.66. The number of alkyl halides is 2. The topological polar surface area (TPSA) is 6.48 Å². The minimum Gasteiger partial charge on any atom is -0.341 e. The van der Waals surface area contributed by atoms with Crippen LogP contribution in [0, 0.1) is 19.7 Å². The van der Waals surface area contributed by atoms with Crippen molar-refractivity contribution in [3.8, 4) is 0 Å². The van der Waals surface area contributed by atoms with Gasteiger partial charge in [-0.3, -0.25) is 4.39 Å². The molecular weight excluding hydrogens is 457 g/mol. The number of hydrogen-bond acceptors (Lipinski definition) is 2. The van der Waals surface area contributed by atoms with E-state index in [-0.39, 0.29) is 13.0 Å². The van der Waals surface area contributed by atoms with Crippen LogP contribution < -0.4 is 4.90 Å². The highest BCUT2D eigenvalue weighted by atomic mass is 19.1. The zero-order valence-corrected chi connectivity index (χ0v) is 22.0. The molecule has 0 radical (unpaired) electrons. The highest BCUT2D eigenvalue weighted by Gasteiger charge is 2.51. The van der Waals surface area contributed by atoms with Gasteiger partial charge < -0.3 is 9.80 Å². The summed E-state index contributed by atoms with van der Waals surface area (Å²) in [6.07, 6.45) is 7.40. The van der Waals surface area contributed by atoms with Gasteiger partial charge in [-0.2, -0.15) is 0 Å². The van der Waals surface area contributed by atoms with Crippen LogP contribution >= 0.6 is 0 Å². The van der Waals surface area contributed by atoms with Crippen LogP contribution in [0.15, 0.2) is 85.3 Å². The number of rotatable bonds is 9. The summed E-state index contributed by atoms with van der Waals surface area (Å²) in [6.45, 7) is 16.3. The van der Waals surface area contributed by atoms with Gasteiger partial charge in [0.25, 0.3) is 0 Å². The van der Waals surface area contributed by atoms with E-state index in [1.807, 2.05) is 67.3 Å². The van der Waals surface area contributed by atoms with Crippen LogP contribution in [0.3, 0.4) is 0 Å². The molecule has 36 heavy (non-hydrogen) atoms.